The third-order valence-electron chi connectivity index (χ3n) is 3.63. The third kappa shape index (κ3) is 3.58. The predicted molar refractivity (Wildman–Crippen MR) is 91.8 cm³/mol. The molecular weight excluding hydrogens is 286 g/mol. The van der Waals surface area contributed by atoms with E-state index in [1.54, 1.807) is 12.1 Å². The third-order valence-corrected chi connectivity index (χ3v) is 3.63. The van der Waals surface area contributed by atoms with Crippen LogP contribution >= 0.6 is 0 Å². The largest absolute Gasteiger partial charge is 0.507 e. The van der Waals surface area contributed by atoms with Crippen LogP contribution in [0.15, 0.2) is 78.9 Å². The molecule has 3 rings (SSSR count). The predicted octanol–water partition coefficient (Wildman–Crippen LogP) is 4.24. The lowest BCUT2D eigenvalue weighted by Gasteiger charge is -2.10. The van der Waals surface area contributed by atoms with Gasteiger partial charge in [0.15, 0.2) is 0 Å². The second-order valence-corrected chi connectivity index (χ2v) is 5.30. The van der Waals surface area contributed by atoms with Crippen LogP contribution < -0.4 is 5.32 Å². The van der Waals surface area contributed by atoms with Gasteiger partial charge in [0.05, 0.1) is 5.56 Å². The molecule has 0 aliphatic carbocycles. The fraction of sp³-hybridized carbons (Fsp3) is 0.0500. The van der Waals surface area contributed by atoms with Crippen molar-refractivity contribution < 1.29 is 9.90 Å². The number of para-hydroxylation sites is 2. The molecular formula is C20H17NO2. The molecule has 0 radical (unpaired) electrons. The fourth-order valence-corrected chi connectivity index (χ4v) is 2.45. The number of rotatable bonds is 4. The normalized spacial score (nSPS) is 10.3. The summed E-state index contributed by atoms with van der Waals surface area (Å²) in [4.78, 5) is 12.4. The van der Waals surface area contributed by atoms with Gasteiger partial charge in [0.25, 0.3) is 5.91 Å². The SMILES string of the molecule is O=C(Nc1ccccc1)c1cccc(Cc2ccccc2)c1O. The number of amides is 1. The lowest BCUT2D eigenvalue weighted by atomic mass is 10.0. The molecule has 0 saturated heterocycles. The highest BCUT2D eigenvalue weighted by molar-refractivity contribution is 6.06. The van der Waals surface area contributed by atoms with Crippen molar-refractivity contribution in [2.24, 2.45) is 0 Å². The number of benzene rings is 3. The molecule has 2 N–H and O–H groups in total. The zero-order chi connectivity index (χ0) is 16.1. The zero-order valence-corrected chi connectivity index (χ0v) is 12.6. The maximum absolute atomic E-state index is 12.4. The van der Waals surface area contributed by atoms with Gasteiger partial charge in [-0.15, -0.1) is 0 Å². The summed E-state index contributed by atoms with van der Waals surface area (Å²) in [6.07, 6.45) is 0.582. The second kappa shape index (κ2) is 6.79. The molecule has 1 amide bonds. The summed E-state index contributed by atoms with van der Waals surface area (Å²) in [5.74, 6) is -0.284. The minimum atomic E-state index is -0.316. The Bertz CT molecular complexity index is 798. The second-order valence-electron chi connectivity index (χ2n) is 5.30. The van der Waals surface area contributed by atoms with Gasteiger partial charge in [-0.25, -0.2) is 0 Å². The van der Waals surface area contributed by atoms with Crippen molar-refractivity contribution >= 4 is 11.6 Å². The van der Waals surface area contributed by atoms with Crippen LogP contribution in [0.25, 0.3) is 0 Å². The van der Waals surface area contributed by atoms with E-state index >= 15 is 0 Å². The lowest BCUT2D eigenvalue weighted by Crippen LogP contribution is -2.12. The number of phenols is 1. The molecule has 3 heteroatoms. The summed E-state index contributed by atoms with van der Waals surface area (Å²) in [5, 5.41) is 13.2. The Morgan fingerprint density at radius 3 is 2.17 bits per heavy atom. The maximum atomic E-state index is 12.4. The molecule has 0 aromatic heterocycles. The van der Waals surface area contributed by atoms with E-state index in [4.69, 9.17) is 0 Å². The molecule has 114 valence electrons. The van der Waals surface area contributed by atoms with Gasteiger partial charge in [-0.3, -0.25) is 4.79 Å². The monoisotopic (exact) mass is 303 g/mol. The van der Waals surface area contributed by atoms with Crippen molar-refractivity contribution in [3.63, 3.8) is 0 Å². The molecule has 0 bridgehead atoms. The number of aromatic hydroxyl groups is 1. The summed E-state index contributed by atoms with van der Waals surface area (Å²) in [5.41, 5.74) is 2.80. The average Bonchev–Trinajstić information content (AvgIpc) is 2.58. The summed E-state index contributed by atoms with van der Waals surface area (Å²) in [6, 6.07) is 24.3. The molecule has 0 heterocycles. The van der Waals surface area contributed by atoms with E-state index in [1.807, 2.05) is 66.7 Å². The Hall–Kier alpha value is -3.07. The van der Waals surface area contributed by atoms with E-state index in [9.17, 15) is 9.90 Å². The Morgan fingerprint density at radius 2 is 1.48 bits per heavy atom. The van der Waals surface area contributed by atoms with Crippen molar-refractivity contribution in [2.75, 3.05) is 5.32 Å². The van der Waals surface area contributed by atoms with Crippen LogP contribution in [-0.2, 0) is 6.42 Å². The molecule has 0 aliphatic heterocycles. The van der Waals surface area contributed by atoms with Crippen molar-refractivity contribution in [3.05, 3.63) is 95.6 Å². The van der Waals surface area contributed by atoms with Gasteiger partial charge in [-0.1, -0.05) is 60.7 Å². The van der Waals surface area contributed by atoms with Gasteiger partial charge in [0.1, 0.15) is 5.75 Å². The quantitative estimate of drug-likeness (QED) is 0.757. The highest BCUT2D eigenvalue weighted by atomic mass is 16.3. The Labute approximate surface area is 135 Å². The van der Waals surface area contributed by atoms with E-state index in [2.05, 4.69) is 5.32 Å². The summed E-state index contributed by atoms with van der Waals surface area (Å²) >= 11 is 0. The Kier molecular flexibility index (Phi) is 4.39. The molecule has 0 unspecified atom stereocenters. The number of carbonyl (C=O) groups excluding carboxylic acids is 1. The summed E-state index contributed by atoms with van der Waals surface area (Å²) in [7, 11) is 0. The van der Waals surface area contributed by atoms with Gasteiger partial charge in [-0.2, -0.15) is 0 Å². The van der Waals surface area contributed by atoms with E-state index in [-0.39, 0.29) is 17.2 Å². The van der Waals surface area contributed by atoms with Crippen molar-refractivity contribution in [1.29, 1.82) is 0 Å². The molecule has 23 heavy (non-hydrogen) atoms. The van der Waals surface area contributed by atoms with Crippen LogP contribution in [0.3, 0.4) is 0 Å². The van der Waals surface area contributed by atoms with Crippen LogP contribution in [0.1, 0.15) is 21.5 Å². The first-order valence-corrected chi connectivity index (χ1v) is 7.45. The smallest absolute Gasteiger partial charge is 0.259 e. The van der Waals surface area contributed by atoms with Crippen LogP contribution in [0.4, 0.5) is 5.69 Å². The number of hydrogen-bond acceptors (Lipinski definition) is 2. The van der Waals surface area contributed by atoms with Crippen molar-refractivity contribution in [2.45, 2.75) is 6.42 Å². The van der Waals surface area contributed by atoms with E-state index in [0.29, 0.717) is 12.1 Å². The van der Waals surface area contributed by atoms with Crippen LogP contribution in [0.5, 0.6) is 5.75 Å². The van der Waals surface area contributed by atoms with Crippen LogP contribution in [0.2, 0.25) is 0 Å². The number of hydrogen-bond donors (Lipinski definition) is 2. The highest BCUT2D eigenvalue weighted by Crippen LogP contribution is 2.25. The molecule has 0 spiro atoms. The fourth-order valence-electron chi connectivity index (χ4n) is 2.45. The van der Waals surface area contributed by atoms with Crippen LogP contribution in [-0.4, -0.2) is 11.0 Å². The van der Waals surface area contributed by atoms with E-state index in [0.717, 1.165) is 11.1 Å². The van der Waals surface area contributed by atoms with Crippen molar-refractivity contribution in [3.8, 4) is 5.75 Å². The summed E-state index contributed by atoms with van der Waals surface area (Å²) in [6.45, 7) is 0. The topological polar surface area (TPSA) is 49.3 Å². The van der Waals surface area contributed by atoms with Gasteiger partial charge in [-0.05, 0) is 29.3 Å². The van der Waals surface area contributed by atoms with E-state index < -0.39 is 0 Å². The Balaban J connectivity index is 1.83. The first kappa shape index (κ1) is 14.9. The average molecular weight is 303 g/mol. The first-order chi connectivity index (χ1) is 11.2. The zero-order valence-electron chi connectivity index (χ0n) is 12.6. The van der Waals surface area contributed by atoms with Crippen molar-refractivity contribution in [1.82, 2.24) is 0 Å². The maximum Gasteiger partial charge on any atom is 0.259 e. The van der Waals surface area contributed by atoms with Gasteiger partial charge < -0.3 is 10.4 Å². The molecule has 0 aliphatic rings. The number of nitrogens with one attached hydrogen (secondary N) is 1. The molecule has 0 atom stereocenters. The molecule has 3 nitrogen and oxygen atoms in total. The number of anilines is 1. The highest BCUT2D eigenvalue weighted by Gasteiger charge is 2.14. The minimum Gasteiger partial charge on any atom is -0.507 e. The van der Waals surface area contributed by atoms with Crippen LogP contribution in [0, 0.1) is 0 Å². The molecule has 3 aromatic carbocycles. The first-order valence-electron chi connectivity index (χ1n) is 7.45. The Morgan fingerprint density at radius 1 is 0.826 bits per heavy atom. The minimum absolute atomic E-state index is 0.0322. The van der Waals surface area contributed by atoms with Gasteiger partial charge in [0, 0.05) is 12.1 Å². The van der Waals surface area contributed by atoms with Gasteiger partial charge in [0.2, 0.25) is 0 Å². The molecule has 0 saturated carbocycles. The lowest BCUT2D eigenvalue weighted by molar-refractivity contribution is 0.102. The number of phenolic OH excluding ortho intramolecular Hbond substituents is 1. The number of carbonyl (C=O) groups is 1. The molecule has 0 fully saturated rings. The van der Waals surface area contributed by atoms with Gasteiger partial charge >= 0.3 is 0 Å². The van der Waals surface area contributed by atoms with E-state index in [1.165, 1.54) is 0 Å². The standard InChI is InChI=1S/C20H17NO2/c22-19-16(14-15-8-3-1-4-9-15)10-7-13-18(19)20(23)21-17-11-5-2-6-12-17/h1-13,22H,14H2,(H,21,23). The summed E-state index contributed by atoms with van der Waals surface area (Å²) < 4.78 is 0. The molecule has 3 aromatic rings.